The van der Waals surface area contributed by atoms with E-state index in [-0.39, 0.29) is 23.7 Å². The van der Waals surface area contributed by atoms with Crippen molar-refractivity contribution in [3.05, 3.63) is 77.9 Å². The number of ketones is 1. The van der Waals surface area contributed by atoms with Crippen LogP contribution in [0, 0.1) is 5.92 Å². The van der Waals surface area contributed by atoms with E-state index in [1.165, 1.54) is 0 Å². The molecule has 3 heteroatoms. The molecule has 128 valence electrons. The largest absolute Gasteiger partial charge is 0.497 e. The van der Waals surface area contributed by atoms with Gasteiger partial charge in [0.2, 0.25) is 0 Å². The Hall–Kier alpha value is -2.39. The third-order valence-corrected chi connectivity index (χ3v) is 5.55. The quantitative estimate of drug-likeness (QED) is 0.601. The van der Waals surface area contributed by atoms with Gasteiger partial charge in [0.25, 0.3) is 0 Å². The lowest BCUT2D eigenvalue weighted by atomic mass is 9.68. The SMILES string of the molecule is CC[C@@]12C=C[C@@H](O1)[C@@H](C(=O)c1ccccc1)[C@@H]2c1ccc(OC)cc1. The number of hydrogen-bond donors (Lipinski definition) is 0. The van der Waals surface area contributed by atoms with Crippen LogP contribution >= 0.6 is 0 Å². The number of rotatable bonds is 5. The van der Waals surface area contributed by atoms with Crippen LogP contribution in [0.5, 0.6) is 5.75 Å². The maximum atomic E-state index is 13.3. The van der Waals surface area contributed by atoms with E-state index in [2.05, 4.69) is 31.2 Å². The molecule has 0 aliphatic carbocycles. The lowest BCUT2D eigenvalue weighted by molar-refractivity contribution is 0.0200. The second-order valence-electron chi connectivity index (χ2n) is 6.76. The minimum absolute atomic E-state index is 0.0195. The Labute approximate surface area is 148 Å². The van der Waals surface area contributed by atoms with E-state index in [0.717, 1.165) is 23.3 Å². The summed E-state index contributed by atoms with van der Waals surface area (Å²) < 4.78 is 11.6. The van der Waals surface area contributed by atoms with Crippen molar-refractivity contribution in [1.82, 2.24) is 0 Å². The lowest BCUT2D eigenvalue weighted by Crippen LogP contribution is -2.36. The molecule has 2 aliphatic heterocycles. The van der Waals surface area contributed by atoms with Gasteiger partial charge in [0.1, 0.15) is 5.75 Å². The maximum absolute atomic E-state index is 13.3. The smallest absolute Gasteiger partial charge is 0.169 e. The molecule has 0 amide bonds. The van der Waals surface area contributed by atoms with E-state index in [1.54, 1.807) is 7.11 Å². The van der Waals surface area contributed by atoms with Gasteiger partial charge in [0.05, 0.1) is 24.7 Å². The zero-order chi connectivity index (χ0) is 17.4. The van der Waals surface area contributed by atoms with Gasteiger partial charge in [-0.1, -0.05) is 61.5 Å². The number of benzene rings is 2. The Balaban J connectivity index is 1.76. The highest BCUT2D eigenvalue weighted by Gasteiger charge is 2.58. The maximum Gasteiger partial charge on any atom is 0.169 e. The summed E-state index contributed by atoms with van der Waals surface area (Å²) >= 11 is 0. The molecule has 0 unspecified atom stereocenters. The predicted octanol–water partition coefficient (Wildman–Crippen LogP) is 4.40. The predicted molar refractivity (Wildman–Crippen MR) is 97.0 cm³/mol. The Morgan fingerprint density at radius 1 is 1.12 bits per heavy atom. The molecular formula is C22H22O3. The van der Waals surface area contributed by atoms with Crippen LogP contribution in [0.3, 0.4) is 0 Å². The number of methoxy groups -OCH3 is 1. The first-order valence-corrected chi connectivity index (χ1v) is 8.79. The van der Waals surface area contributed by atoms with Crippen molar-refractivity contribution in [1.29, 1.82) is 0 Å². The first-order valence-electron chi connectivity index (χ1n) is 8.79. The minimum Gasteiger partial charge on any atom is -0.497 e. The zero-order valence-electron chi connectivity index (χ0n) is 14.5. The summed E-state index contributed by atoms with van der Waals surface area (Å²) in [6.45, 7) is 2.12. The summed E-state index contributed by atoms with van der Waals surface area (Å²) in [6, 6.07) is 17.6. The van der Waals surface area contributed by atoms with Crippen molar-refractivity contribution >= 4 is 5.78 Å². The average Bonchev–Trinajstić information content (AvgIpc) is 3.25. The molecule has 0 radical (unpaired) electrons. The van der Waals surface area contributed by atoms with E-state index in [4.69, 9.17) is 9.47 Å². The summed E-state index contributed by atoms with van der Waals surface area (Å²) in [7, 11) is 1.66. The Morgan fingerprint density at radius 3 is 2.48 bits per heavy atom. The molecule has 2 heterocycles. The molecule has 2 aromatic carbocycles. The molecule has 3 nitrogen and oxygen atoms in total. The van der Waals surface area contributed by atoms with E-state index < -0.39 is 5.60 Å². The fraction of sp³-hybridized carbons (Fsp3) is 0.318. The first kappa shape index (κ1) is 16.1. The summed E-state index contributed by atoms with van der Waals surface area (Å²) in [4.78, 5) is 13.3. The van der Waals surface area contributed by atoms with Gasteiger partial charge < -0.3 is 9.47 Å². The molecule has 2 bridgehead atoms. The molecule has 25 heavy (non-hydrogen) atoms. The van der Waals surface area contributed by atoms with Gasteiger partial charge in [-0.05, 0) is 24.1 Å². The molecule has 0 N–H and O–H groups in total. The second-order valence-corrected chi connectivity index (χ2v) is 6.76. The fourth-order valence-electron chi connectivity index (χ4n) is 4.27. The second kappa shape index (κ2) is 6.16. The summed E-state index contributed by atoms with van der Waals surface area (Å²) in [6.07, 6.45) is 4.91. The number of hydrogen-bond acceptors (Lipinski definition) is 3. The van der Waals surface area contributed by atoms with Crippen molar-refractivity contribution in [2.75, 3.05) is 7.11 Å². The van der Waals surface area contributed by atoms with Crippen LogP contribution < -0.4 is 4.74 Å². The third kappa shape index (κ3) is 2.50. The van der Waals surface area contributed by atoms with Crippen LogP contribution in [0.1, 0.15) is 35.2 Å². The van der Waals surface area contributed by atoms with E-state index in [1.807, 2.05) is 42.5 Å². The van der Waals surface area contributed by atoms with Crippen LogP contribution in [0.2, 0.25) is 0 Å². The summed E-state index contributed by atoms with van der Waals surface area (Å²) in [5.74, 6) is 0.804. The molecule has 4 rings (SSSR count). The molecule has 2 aromatic rings. The Morgan fingerprint density at radius 2 is 1.84 bits per heavy atom. The Kier molecular flexibility index (Phi) is 3.97. The molecule has 0 aromatic heterocycles. The average molecular weight is 334 g/mol. The standard InChI is InChI=1S/C22H22O3/c1-3-22-14-13-18(25-22)19(21(23)16-7-5-4-6-8-16)20(22)15-9-11-17(24-2)12-10-15/h4-14,18-20H,3H2,1-2H3/t18-,19-,20+,22+/m1/s1. The topological polar surface area (TPSA) is 35.5 Å². The molecule has 1 saturated heterocycles. The molecule has 0 saturated carbocycles. The highest BCUT2D eigenvalue weighted by molar-refractivity contribution is 5.99. The van der Waals surface area contributed by atoms with Gasteiger partial charge in [0, 0.05) is 11.5 Å². The molecular weight excluding hydrogens is 312 g/mol. The normalized spacial score (nSPS) is 29.8. The van der Waals surface area contributed by atoms with Gasteiger partial charge in [-0.2, -0.15) is 0 Å². The van der Waals surface area contributed by atoms with Gasteiger partial charge in [0.15, 0.2) is 5.78 Å². The molecule has 4 atom stereocenters. The van der Waals surface area contributed by atoms with Crippen molar-refractivity contribution in [3.8, 4) is 5.75 Å². The molecule has 1 fully saturated rings. The van der Waals surface area contributed by atoms with Crippen LogP contribution in [0.4, 0.5) is 0 Å². The minimum atomic E-state index is -0.394. The van der Waals surface area contributed by atoms with Crippen LogP contribution in [0.15, 0.2) is 66.7 Å². The number of carbonyl (C=O) groups is 1. The molecule has 0 spiro atoms. The van der Waals surface area contributed by atoms with Crippen LogP contribution in [-0.4, -0.2) is 24.6 Å². The fourth-order valence-corrected chi connectivity index (χ4v) is 4.27. The third-order valence-electron chi connectivity index (χ3n) is 5.55. The first-order chi connectivity index (χ1) is 12.2. The number of ether oxygens (including phenoxy) is 2. The number of fused-ring (bicyclic) bond motifs is 2. The van der Waals surface area contributed by atoms with Gasteiger partial charge in [-0.25, -0.2) is 0 Å². The molecule has 2 aliphatic rings. The highest BCUT2D eigenvalue weighted by atomic mass is 16.5. The zero-order valence-corrected chi connectivity index (χ0v) is 14.5. The van der Waals surface area contributed by atoms with Crippen LogP contribution in [0.25, 0.3) is 0 Å². The summed E-state index contributed by atoms with van der Waals surface area (Å²) in [5.41, 5.74) is 1.49. The van der Waals surface area contributed by atoms with Gasteiger partial charge >= 0.3 is 0 Å². The van der Waals surface area contributed by atoms with Crippen molar-refractivity contribution in [2.45, 2.75) is 31.0 Å². The Bertz CT molecular complexity index is 794. The van der Waals surface area contributed by atoms with Gasteiger partial charge in [-0.15, -0.1) is 0 Å². The van der Waals surface area contributed by atoms with Crippen molar-refractivity contribution in [2.24, 2.45) is 5.92 Å². The van der Waals surface area contributed by atoms with Crippen molar-refractivity contribution in [3.63, 3.8) is 0 Å². The van der Waals surface area contributed by atoms with E-state index >= 15 is 0 Å². The lowest BCUT2D eigenvalue weighted by Gasteiger charge is -2.33. The highest BCUT2D eigenvalue weighted by Crippen LogP contribution is 2.54. The van der Waals surface area contributed by atoms with Crippen LogP contribution in [-0.2, 0) is 4.74 Å². The number of carbonyl (C=O) groups excluding carboxylic acids is 1. The summed E-state index contributed by atoms with van der Waals surface area (Å²) in [5, 5.41) is 0. The monoisotopic (exact) mass is 334 g/mol. The van der Waals surface area contributed by atoms with Crippen molar-refractivity contribution < 1.29 is 14.3 Å². The van der Waals surface area contributed by atoms with Gasteiger partial charge in [-0.3, -0.25) is 4.79 Å². The van der Waals surface area contributed by atoms with E-state index in [9.17, 15) is 4.79 Å². The number of Topliss-reactive ketones (excluding diaryl/α,β-unsaturated/α-hetero) is 1. The van der Waals surface area contributed by atoms with E-state index in [0.29, 0.717) is 0 Å².